The molecule has 1 aliphatic rings. The van der Waals surface area contributed by atoms with Gasteiger partial charge in [-0.2, -0.15) is 4.98 Å². The molecular formula is C21H28N4O7. The van der Waals surface area contributed by atoms with E-state index in [9.17, 15) is 25.1 Å². The van der Waals surface area contributed by atoms with E-state index >= 15 is 0 Å². The quantitative estimate of drug-likeness (QED) is 0.422. The average Bonchev–Trinajstić information content (AvgIpc) is 3.09. The molecule has 0 aliphatic carbocycles. The van der Waals surface area contributed by atoms with Crippen LogP contribution in [0.5, 0.6) is 0 Å². The van der Waals surface area contributed by atoms with Gasteiger partial charge in [0.2, 0.25) is 0 Å². The molecule has 1 saturated heterocycles. The van der Waals surface area contributed by atoms with Crippen molar-refractivity contribution in [3.05, 3.63) is 62.2 Å². The summed E-state index contributed by atoms with van der Waals surface area (Å²) in [7, 11) is 0. The first kappa shape index (κ1) is 23.8. The molecule has 2 aromatic rings. The molecule has 11 nitrogen and oxygen atoms in total. The smallest absolute Gasteiger partial charge is 0.351 e. The number of nitrogens with two attached hydrogens (primary N) is 1. The molecule has 1 aliphatic heterocycles. The van der Waals surface area contributed by atoms with Crippen LogP contribution in [-0.4, -0.2) is 43.5 Å². The molecule has 0 saturated carbocycles. The molecule has 32 heavy (non-hydrogen) atoms. The predicted octanol–water partition coefficient (Wildman–Crippen LogP) is 1.68. The summed E-state index contributed by atoms with van der Waals surface area (Å²) in [6.45, 7) is 5.26. The number of ether oxygens (including phenoxy) is 2. The number of nitro groups is 1. The van der Waals surface area contributed by atoms with Gasteiger partial charge >= 0.3 is 5.69 Å². The Morgan fingerprint density at radius 2 is 2.09 bits per heavy atom. The maximum atomic E-state index is 12.4. The molecule has 4 N–H and O–H groups in total. The number of nitro benzene ring substituents is 1. The van der Waals surface area contributed by atoms with E-state index in [1.165, 1.54) is 16.8 Å². The Morgan fingerprint density at radius 3 is 2.69 bits per heavy atom. The molecule has 1 fully saturated rings. The summed E-state index contributed by atoms with van der Waals surface area (Å²) >= 11 is 0. The maximum absolute atomic E-state index is 12.4. The fourth-order valence-corrected chi connectivity index (χ4v) is 3.74. The van der Waals surface area contributed by atoms with Gasteiger partial charge in [-0.25, -0.2) is 4.79 Å². The second-order valence-electron chi connectivity index (χ2n) is 8.83. The molecule has 0 radical (unpaired) electrons. The van der Waals surface area contributed by atoms with E-state index in [0.717, 1.165) is 0 Å². The van der Waals surface area contributed by atoms with Crippen molar-refractivity contribution in [3.8, 4) is 0 Å². The van der Waals surface area contributed by atoms with Gasteiger partial charge in [0.1, 0.15) is 18.1 Å². The Hall–Kier alpha value is -2.86. The van der Waals surface area contributed by atoms with Crippen molar-refractivity contribution >= 4 is 11.5 Å². The van der Waals surface area contributed by atoms with E-state index in [-0.39, 0.29) is 31.1 Å². The van der Waals surface area contributed by atoms with Crippen molar-refractivity contribution in [2.45, 2.75) is 58.3 Å². The van der Waals surface area contributed by atoms with Crippen LogP contribution in [0.15, 0.2) is 35.3 Å². The lowest BCUT2D eigenvalue weighted by Gasteiger charge is -2.31. The van der Waals surface area contributed by atoms with Crippen LogP contribution in [0.2, 0.25) is 0 Å². The van der Waals surface area contributed by atoms with Gasteiger partial charge < -0.3 is 25.4 Å². The highest BCUT2D eigenvalue weighted by molar-refractivity contribution is 5.42. The summed E-state index contributed by atoms with van der Waals surface area (Å²) in [6.07, 6.45) is -1.62. The van der Waals surface area contributed by atoms with Crippen LogP contribution in [0.1, 0.15) is 50.7 Å². The average molecular weight is 448 g/mol. The summed E-state index contributed by atoms with van der Waals surface area (Å²) in [6, 6.07) is 6.38. The first-order valence-electron chi connectivity index (χ1n) is 10.2. The SMILES string of the molecule is CC(C)(C)[C@H](OCc1cn([C@H]2C[C@H](O)[C@@H](CO)O2)c(=O)nc1N)c1ccccc1[N+](=O)[O-]. The molecular weight excluding hydrogens is 420 g/mol. The van der Waals surface area contributed by atoms with E-state index in [0.29, 0.717) is 11.1 Å². The Morgan fingerprint density at radius 1 is 1.41 bits per heavy atom. The molecule has 0 amide bonds. The van der Waals surface area contributed by atoms with Crippen LogP contribution in [0, 0.1) is 15.5 Å². The number of para-hydroxylation sites is 1. The Balaban J connectivity index is 1.89. The summed E-state index contributed by atoms with van der Waals surface area (Å²) in [5.41, 5.74) is 5.56. The van der Waals surface area contributed by atoms with Crippen molar-refractivity contribution < 1.29 is 24.6 Å². The molecule has 174 valence electrons. The highest BCUT2D eigenvalue weighted by atomic mass is 16.6. The van der Waals surface area contributed by atoms with Crippen molar-refractivity contribution in [2.24, 2.45) is 5.41 Å². The summed E-state index contributed by atoms with van der Waals surface area (Å²) < 4.78 is 12.8. The molecule has 2 heterocycles. The van der Waals surface area contributed by atoms with Gasteiger partial charge in [-0.1, -0.05) is 32.9 Å². The standard InChI is InChI=1S/C21H28N4O7/c1-21(2,3)18(13-6-4-5-7-14(13)25(29)30)31-11-12-9-24(20(28)23-19(12)22)17-8-15(27)16(10-26)32-17/h4-7,9,15-18,26-27H,8,10-11H2,1-3H3,(H2,22,23,28)/t15-,16+,17+,18+/m0/s1. The van der Waals surface area contributed by atoms with E-state index in [1.54, 1.807) is 18.2 Å². The van der Waals surface area contributed by atoms with Crippen molar-refractivity contribution in [2.75, 3.05) is 12.3 Å². The van der Waals surface area contributed by atoms with Gasteiger partial charge in [0, 0.05) is 24.2 Å². The van der Waals surface area contributed by atoms with E-state index in [4.69, 9.17) is 15.2 Å². The lowest BCUT2D eigenvalue weighted by molar-refractivity contribution is -0.386. The minimum Gasteiger partial charge on any atom is -0.394 e. The molecule has 3 rings (SSSR count). The van der Waals surface area contributed by atoms with Gasteiger partial charge in [-0.15, -0.1) is 0 Å². The van der Waals surface area contributed by atoms with Crippen LogP contribution >= 0.6 is 0 Å². The van der Waals surface area contributed by atoms with E-state index in [2.05, 4.69) is 4.98 Å². The minimum absolute atomic E-state index is 0.0290. The number of aliphatic hydroxyl groups is 2. The number of rotatable bonds is 7. The third-order valence-electron chi connectivity index (χ3n) is 5.36. The third kappa shape index (κ3) is 4.96. The number of nitrogen functional groups attached to an aromatic ring is 1. The van der Waals surface area contributed by atoms with E-state index < -0.39 is 40.6 Å². The topological polar surface area (TPSA) is 163 Å². The largest absolute Gasteiger partial charge is 0.394 e. The van der Waals surface area contributed by atoms with Gasteiger partial charge in [0.05, 0.1) is 35.9 Å². The number of nitrogens with zero attached hydrogens (tertiary/aromatic N) is 3. The number of hydrogen-bond acceptors (Lipinski definition) is 9. The highest BCUT2D eigenvalue weighted by Crippen LogP contribution is 2.40. The number of anilines is 1. The van der Waals surface area contributed by atoms with Crippen LogP contribution in [0.25, 0.3) is 0 Å². The Labute approximate surface area is 184 Å². The number of benzene rings is 1. The summed E-state index contributed by atoms with van der Waals surface area (Å²) in [5, 5.41) is 30.8. The van der Waals surface area contributed by atoms with Crippen LogP contribution in [0.4, 0.5) is 11.5 Å². The third-order valence-corrected chi connectivity index (χ3v) is 5.36. The zero-order valence-corrected chi connectivity index (χ0v) is 18.2. The molecule has 4 atom stereocenters. The molecule has 0 spiro atoms. The van der Waals surface area contributed by atoms with Crippen molar-refractivity contribution in [1.29, 1.82) is 0 Å². The highest BCUT2D eigenvalue weighted by Gasteiger charge is 2.36. The molecule has 0 unspecified atom stereocenters. The lowest BCUT2D eigenvalue weighted by Crippen LogP contribution is -2.29. The van der Waals surface area contributed by atoms with Gasteiger partial charge in [0.25, 0.3) is 5.69 Å². The molecule has 0 bridgehead atoms. The number of hydrogen-bond donors (Lipinski definition) is 3. The molecule has 1 aromatic carbocycles. The van der Waals surface area contributed by atoms with Crippen LogP contribution in [-0.2, 0) is 16.1 Å². The number of aromatic nitrogens is 2. The Bertz CT molecular complexity index is 1030. The molecule has 11 heteroatoms. The first-order chi connectivity index (χ1) is 15.0. The monoisotopic (exact) mass is 448 g/mol. The zero-order chi connectivity index (χ0) is 23.6. The van der Waals surface area contributed by atoms with Crippen LogP contribution < -0.4 is 11.4 Å². The minimum atomic E-state index is -0.918. The fourth-order valence-electron chi connectivity index (χ4n) is 3.74. The van der Waals surface area contributed by atoms with Gasteiger partial charge in [0.15, 0.2) is 0 Å². The van der Waals surface area contributed by atoms with E-state index in [1.807, 2.05) is 20.8 Å². The summed E-state index contributed by atoms with van der Waals surface area (Å²) in [5.74, 6) is -0.0290. The first-order valence-corrected chi connectivity index (χ1v) is 10.2. The van der Waals surface area contributed by atoms with Crippen LogP contribution in [0.3, 0.4) is 0 Å². The second-order valence-corrected chi connectivity index (χ2v) is 8.83. The van der Waals surface area contributed by atoms with Gasteiger partial charge in [-0.3, -0.25) is 14.7 Å². The lowest BCUT2D eigenvalue weighted by atomic mass is 9.84. The predicted molar refractivity (Wildman–Crippen MR) is 115 cm³/mol. The second kappa shape index (κ2) is 9.33. The van der Waals surface area contributed by atoms with Crippen molar-refractivity contribution in [1.82, 2.24) is 9.55 Å². The molecule has 1 aromatic heterocycles. The Kier molecular flexibility index (Phi) is 6.94. The zero-order valence-electron chi connectivity index (χ0n) is 18.2. The van der Waals surface area contributed by atoms with Crippen molar-refractivity contribution in [3.63, 3.8) is 0 Å². The normalized spacial score (nSPS) is 22.1. The van der Waals surface area contributed by atoms with Gasteiger partial charge in [-0.05, 0) is 11.5 Å². The fraction of sp³-hybridized carbons (Fsp3) is 0.524. The number of aliphatic hydroxyl groups excluding tert-OH is 2. The summed E-state index contributed by atoms with van der Waals surface area (Å²) in [4.78, 5) is 27.2. The maximum Gasteiger partial charge on any atom is 0.351 e.